The van der Waals surface area contributed by atoms with Crippen LogP contribution in [0.3, 0.4) is 0 Å². The van der Waals surface area contributed by atoms with Crippen molar-refractivity contribution >= 4 is 38.8 Å². The summed E-state index contributed by atoms with van der Waals surface area (Å²) in [6, 6.07) is 14.8. The van der Waals surface area contributed by atoms with Crippen LogP contribution in [-0.2, 0) is 10.0 Å². The summed E-state index contributed by atoms with van der Waals surface area (Å²) >= 11 is 6.00. The third-order valence-electron chi connectivity index (χ3n) is 3.80. The molecule has 152 valence electrons. The number of benzene rings is 2. The zero-order valence-electron chi connectivity index (χ0n) is 16.0. The summed E-state index contributed by atoms with van der Waals surface area (Å²) in [5.41, 5.74) is 1.16. The lowest BCUT2D eigenvalue weighted by Crippen LogP contribution is -2.13. The number of sulfonamides is 1. The number of halogens is 1. The normalized spacial score (nSPS) is 11.1. The Kier molecular flexibility index (Phi) is 6.56. The first-order valence-corrected chi connectivity index (χ1v) is 10.9. The van der Waals surface area contributed by atoms with E-state index in [4.69, 9.17) is 16.3 Å². The van der Waals surface area contributed by atoms with Crippen molar-refractivity contribution in [3.05, 3.63) is 65.4 Å². The van der Waals surface area contributed by atoms with Crippen LogP contribution in [-0.4, -0.2) is 25.0 Å². The smallest absolute Gasteiger partial charge is 0.263 e. The second-order valence-electron chi connectivity index (χ2n) is 6.23. The molecule has 0 unspecified atom stereocenters. The van der Waals surface area contributed by atoms with Crippen LogP contribution in [0.15, 0.2) is 59.5 Å². The van der Waals surface area contributed by atoms with Crippen LogP contribution in [0, 0.1) is 6.92 Å². The van der Waals surface area contributed by atoms with Crippen LogP contribution in [0.1, 0.15) is 19.2 Å². The maximum absolute atomic E-state index is 12.5. The molecule has 1 heterocycles. The first-order valence-electron chi connectivity index (χ1n) is 9.00. The fourth-order valence-corrected chi connectivity index (χ4v) is 4.11. The van der Waals surface area contributed by atoms with Crippen LogP contribution in [0.25, 0.3) is 0 Å². The van der Waals surface area contributed by atoms with Crippen molar-refractivity contribution in [2.75, 3.05) is 16.6 Å². The van der Waals surface area contributed by atoms with E-state index in [1.165, 1.54) is 12.1 Å². The maximum atomic E-state index is 12.5. The second-order valence-corrected chi connectivity index (χ2v) is 8.28. The van der Waals surface area contributed by atoms with Gasteiger partial charge in [-0.25, -0.2) is 13.4 Å². The van der Waals surface area contributed by atoms with E-state index in [-0.39, 0.29) is 9.92 Å². The molecule has 0 spiro atoms. The van der Waals surface area contributed by atoms with Gasteiger partial charge in [-0.2, -0.15) is 4.98 Å². The van der Waals surface area contributed by atoms with Crippen molar-refractivity contribution in [2.24, 2.45) is 0 Å². The fraction of sp³-hybridized carbons (Fsp3) is 0.200. The van der Waals surface area contributed by atoms with E-state index in [2.05, 4.69) is 20.0 Å². The van der Waals surface area contributed by atoms with E-state index < -0.39 is 10.0 Å². The summed E-state index contributed by atoms with van der Waals surface area (Å²) in [7, 11) is -3.78. The molecule has 2 N–H and O–H groups in total. The highest BCUT2D eigenvalue weighted by Gasteiger charge is 2.17. The average Bonchev–Trinajstić information content (AvgIpc) is 2.67. The summed E-state index contributed by atoms with van der Waals surface area (Å²) in [5.74, 6) is 1.68. The molecule has 0 atom stereocenters. The Balaban J connectivity index is 1.72. The lowest BCUT2D eigenvalue weighted by molar-refractivity contribution is 0.304. The first kappa shape index (κ1) is 20.9. The Morgan fingerprint density at radius 1 is 1.03 bits per heavy atom. The minimum atomic E-state index is -3.78. The number of hydrogen-bond acceptors (Lipinski definition) is 6. The fourth-order valence-electron chi connectivity index (χ4n) is 2.53. The number of ether oxygens (including phenoxy) is 1. The van der Waals surface area contributed by atoms with E-state index in [0.29, 0.717) is 29.8 Å². The molecular formula is C20H21ClN4O3S. The predicted molar refractivity (Wildman–Crippen MR) is 115 cm³/mol. The summed E-state index contributed by atoms with van der Waals surface area (Å²) in [4.78, 5) is 8.61. The third-order valence-corrected chi connectivity index (χ3v) is 5.69. The lowest BCUT2D eigenvalue weighted by Gasteiger charge is -2.11. The SMILES string of the molecule is CCCOc1cc(Nc2ccc(NS(=O)(=O)c3ccccc3Cl)cc2)nc(C)n1. The molecule has 0 saturated heterocycles. The maximum Gasteiger partial charge on any atom is 0.263 e. The molecule has 0 aliphatic heterocycles. The van der Waals surface area contributed by atoms with Gasteiger partial charge in [0.1, 0.15) is 16.5 Å². The molecule has 7 nitrogen and oxygen atoms in total. The van der Waals surface area contributed by atoms with Crippen molar-refractivity contribution in [1.82, 2.24) is 9.97 Å². The first-order chi connectivity index (χ1) is 13.9. The number of nitrogens with one attached hydrogen (secondary N) is 2. The molecule has 2 aromatic carbocycles. The summed E-state index contributed by atoms with van der Waals surface area (Å²) in [6.45, 7) is 4.39. The van der Waals surface area contributed by atoms with Crippen molar-refractivity contribution in [2.45, 2.75) is 25.2 Å². The van der Waals surface area contributed by atoms with Gasteiger partial charge < -0.3 is 10.1 Å². The van der Waals surface area contributed by atoms with Crippen LogP contribution < -0.4 is 14.8 Å². The summed E-state index contributed by atoms with van der Waals surface area (Å²) in [5, 5.41) is 3.33. The lowest BCUT2D eigenvalue weighted by atomic mass is 10.3. The van der Waals surface area contributed by atoms with Gasteiger partial charge in [0, 0.05) is 17.4 Å². The number of rotatable bonds is 8. The monoisotopic (exact) mass is 432 g/mol. The third kappa shape index (κ3) is 5.58. The van der Waals surface area contributed by atoms with E-state index in [1.54, 1.807) is 49.4 Å². The number of hydrogen-bond donors (Lipinski definition) is 2. The molecule has 1 aromatic heterocycles. The quantitative estimate of drug-likeness (QED) is 0.532. The molecule has 0 saturated carbocycles. The van der Waals surface area contributed by atoms with Crippen molar-refractivity contribution in [3.8, 4) is 5.88 Å². The van der Waals surface area contributed by atoms with Gasteiger partial charge >= 0.3 is 0 Å². The Labute approximate surface area is 175 Å². The molecule has 29 heavy (non-hydrogen) atoms. The van der Waals surface area contributed by atoms with Gasteiger partial charge in [-0.1, -0.05) is 30.7 Å². The Morgan fingerprint density at radius 2 is 1.72 bits per heavy atom. The molecule has 0 aliphatic rings. The van der Waals surface area contributed by atoms with Gasteiger partial charge in [-0.05, 0) is 49.7 Å². The van der Waals surface area contributed by atoms with E-state index in [0.717, 1.165) is 12.1 Å². The van der Waals surface area contributed by atoms with Crippen molar-refractivity contribution < 1.29 is 13.2 Å². The van der Waals surface area contributed by atoms with Gasteiger partial charge in [0.05, 0.1) is 11.6 Å². The molecule has 0 aliphatic carbocycles. The Hall–Kier alpha value is -2.84. The number of aryl methyl sites for hydroxylation is 1. The van der Waals surface area contributed by atoms with Crippen LogP contribution in [0.2, 0.25) is 5.02 Å². The van der Waals surface area contributed by atoms with Gasteiger partial charge in [-0.15, -0.1) is 0 Å². The highest BCUT2D eigenvalue weighted by molar-refractivity contribution is 7.92. The van der Waals surface area contributed by atoms with E-state index in [9.17, 15) is 8.42 Å². The molecule has 0 fully saturated rings. The Bertz CT molecular complexity index is 1090. The van der Waals surface area contributed by atoms with Crippen molar-refractivity contribution in [3.63, 3.8) is 0 Å². The number of aromatic nitrogens is 2. The molecule has 0 amide bonds. The summed E-state index contributed by atoms with van der Waals surface area (Å²) < 4.78 is 33.1. The average molecular weight is 433 g/mol. The molecule has 9 heteroatoms. The molecule has 3 aromatic rings. The zero-order chi connectivity index (χ0) is 20.9. The molecular weight excluding hydrogens is 412 g/mol. The minimum Gasteiger partial charge on any atom is -0.478 e. The van der Waals surface area contributed by atoms with Crippen LogP contribution >= 0.6 is 11.6 Å². The van der Waals surface area contributed by atoms with Gasteiger partial charge in [0.15, 0.2) is 0 Å². The molecule has 0 radical (unpaired) electrons. The van der Waals surface area contributed by atoms with Gasteiger partial charge in [0.2, 0.25) is 5.88 Å². The number of anilines is 3. The van der Waals surface area contributed by atoms with Crippen LogP contribution in [0.5, 0.6) is 5.88 Å². The van der Waals surface area contributed by atoms with Gasteiger partial charge in [0.25, 0.3) is 10.0 Å². The molecule has 0 bridgehead atoms. The van der Waals surface area contributed by atoms with Gasteiger partial charge in [-0.3, -0.25) is 4.72 Å². The zero-order valence-corrected chi connectivity index (χ0v) is 17.6. The number of nitrogens with zero attached hydrogens (tertiary/aromatic N) is 2. The second kappa shape index (κ2) is 9.11. The minimum absolute atomic E-state index is 0.0277. The Morgan fingerprint density at radius 3 is 2.41 bits per heavy atom. The highest BCUT2D eigenvalue weighted by Crippen LogP contribution is 2.25. The van der Waals surface area contributed by atoms with E-state index in [1.807, 2.05) is 6.92 Å². The van der Waals surface area contributed by atoms with Crippen LogP contribution in [0.4, 0.5) is 17.2 Å². The predicted octanol–water partition coefficient (Wildman–Crippen LogP) is 4.77. The topological polar surface area (TPSA) is 93.2 Å². The standard InChI is InChI=1S/C20H21ClN4O3S/c1-3-12-28-20-13-19(22-14(2)23-20)24-15-8-10-16(11-9-15)25-29(26,27)18-7-5-4-6-17(18)21/h4-11,13,25H,3,12H2,1-2H3,(H,22,23,24). The highest BCUT2D eigenvalue weighted by atomic mass is 35.5. The summed E-state index contributed by atoms with van der Waals surface area (Å²) in [6.07, 6.45) is 0.886. The van der Waals surface area contributed by atoms with Crippen molar-refractivity contribution in [1.29, 1.82) is 0 Å². The molecule has 3 rings (SSSR count). The largest absolute Gasteiger partial charge is 0.478 e. The van der Waals surface area contributed by atoms with E-state index >= 15 is 0 Å².